The number of fused-ring (bicyclic) bond motifs is 1. The van der Waals surface area contributed by atoms with E-state index in [4.69, 9.17) is 39.0 Å². The zero-order valence-corrected chi connectivity index (χ0v) is 26.5. The summed E-state index contributed by atoms with van der Waals surface area (Å²) in [6.45, 7) is 8.68. The quantitative estimate of drug-likeness (QED) is 0.317. The Bertz CT molecular complexity index is 1580. The Labute approximate surface area is 262 Å². The van der Waals surface area contributed by atoms with Crippen molar-refractivity contribution >= 4 is 51.7 Å². The second kappa shape index (κ2) is 11.4. The van der Waals surface area contributed by atoms with Crippen LogP contribution < -0.4 is 11.1 Å². The van der Waals surface area contributed by atoms with Gasteiger partial charge in [0.15, 0.2) is 0 Å². The van der Waals surface area contributed by atoms with Crippen LogP contribution in [0.3, 0.4) is 0 Å². The maximum Gasteiger partial charge on any atom is 0.410 e. The van der Waals surface area contributed by atoms with Crippen molar-refractivity contribution in [1.29, 1.82) is 0 Å². The molecule has 228 valence electrons. The van der Waals surface area contributed by atoms with Gasteiger partial charge in [0.1, 0.15) is 10.6 Å². The van der Waals surface area contributed by atoms with E-state index in [1.165, 1.54) is 0 Å². The maximum absolute atomic E-state index is 13.1. The van der Waals surface area contributed by atoms with Crippen LogP contribution in [-0.4, -0.2) is 58.4 Å². The molecule has 3 aromatic rings. The first-order valence-corrected chi connectivity index (χ1v) is 15.8. The molecule has 2 amide bonds. The van der Waals surface area contributed by atoms with E-state index in [0.29, 0.717) is 42.9 Å². The first kappa shape index (κ1) is 29.9. The van der Waals surface area contributed by atoms with Crippen molar-refractivity contribution in [1.82, 2.24) is 14.8 Å². The predicted molar refractivity (Wildman–Crippen MR) is 172 cm³/mol. The van der Waals surface area contributed by atoms with Gasteiger partial charge in [0.25, 0.3) is 0 Å². The number of benzene rings is 2. The lowest BCUT2D eigenvalue weighted by molar-refractivity contribution is -0.143. The number of nitrogens with two attached hydrogens (primary N) is 1. The zero-order chi connectivity index (χ0) is 30.5. The van der Waals surface area contributed by atoms with Crippen LogP contribution in [0.4, 0.5) is 4.79 Å². The Hall–Kier alpha value is -3.14. The number of hydrogen-bond acceptors (Lipinski definition) is 5. The molecule has 3 aliphatic rings. The van der Waals surface area contributed by atoms with Crippen molar-refractivity contribution in [3.63, 3.8) is 0 Å². The number of amides is 2. The molecule has 1 aliphatic carbocycles. The summed E-state index contributed by atoms with van der Waals surface area (Å²) in [6.07, 6.45) is 5.28. The van der Waals surface area contributed by atoms with Gasteiger partial charge < -0.3 is 30.0 Å². The van der Waals surface area contributed by atoms with Crippen molar-refractivity contribution in [2.75, 3.05) is 26.3 Å². The van der Waals surface area contributed by atoms with Crippen LogP contribution >= 0.6 is 23.8 Å². The summed E-state index contributed by atoms with van der Waals surface area (Å²) >= 11 is 12.4. The fourth-order valence-corrected chi connectivity index (χ4v) is 7.24. The minimum Gasteiger partial charge on any atom is -0.444 e. The molecule has 2 aliphatic heterocycles. The summed E-state index contributed by atoms with van der Waals surface area (Å²) in [5.41, 5.74) is 10.2. The van der Waals surface area contributed by atoms with E-state index in [0.717, 1.165) is 58.8 Å². The molecule has 0 bridgehead atoms. The number of nitrogens with zero attached hydrogens (tertiary/aromatic N) is 2. The van der Waals surface area contributed by atoms with E-state index in [1.807, 2.05) is 45.0 Å². The van der Waals surface area contributed by atoms with Crippen LogP contribution in [0.15, 0.2) is 42.6 Å². The third-order valence-electron chi connectivity index (χ3n) is 8.94. The fourth-order valence-electron chi connectivity index (χ4n) is 6.78. The number of aromatic nitrogens is 1. The molecule has 1 saturated carbocycles. The molecule has 1 aromatic heterocycles. The second-order valence-electron chi connectivity index (χ2n) is 13.3. The van der Waals surface area contributed by atoms with Crippen molar-refractivity contribution < 1.29 is 19.1 Å². The smallest absolute Gasteiger partial charge is 0.410 e. The molecule has 0 unspecified atom stereocenters. The molecule has 3 fully saturated rings. The summed E-state index contributed by atoms with van der Waals surface area (Å²) in [7, 11) is 0. The molecule has 6 rings (SSSR count). The average Bonchev–Trinajstić information content (AvgIpc) is 3.31. The molecule has 0 atom stereocenters. The van der Waals surface area contributed by atoms with Crippen LogP contribution in [0.2, 0.25) is 5.02 Å². The number of hydrogen-bond donors (Lipinski definition) is 2. The number of carbonyl (C=O) groups excluding carboxylic acids is 2. The minimum atomic E-state index is -0.510. The van der Waals surface area contributed by atoms with Crippen LogP contribution in [0.25, 0.3) is 22.0 Å². The van der Waals surface area contributed by atoms with Gasteiger partial charge in [0, 0.05) is 72.9 Å². The number of likely N-dealkylation sites (tertiary alicyclic amines) is 1. The van der Waals surface area contributed by atoms with E-state index in [2.05, 4.69) is 28.2 Å². The predicted octanol–water partition coefficient (Wildman–Crippen LogP) is 6.21. The van der Waals surface area contributed by atoms with Gasteiger partial charge in [-0.05, 0) is 63.6 Å². The van der Waals surface area contributed by atoms with Crippen molar-refractivity contribution in [2.45, 2.75) is 64.6 Å². The number of carbonyl (C=O) groups is 2. The van der Waals surface area contributed by atoms with Gasteiger partial charge in [-0.15, -0.1) is 0 Å². The minimum absolute atomic E-state index is 0.0348. The van der Waals surface area contributed by atoms with Gasteiger partial charge in [0.2, 0.25) is 5.91 Å². The highest BCUT2D eigenvalue weighted by Crippen LogP contribution is 2.52. The summed E-state index contributed by atoms with van der Waals surface area (Å²) in [5.74, 6) is -0.0190. The van der Waals surface area contributed by atoms with Gasteiger partial charge in [0.05, 0.1) is 10.5 Å². The second-order valence-corrected chi connectivity index (χ2v) is 14.2. The lowest BCUT2D eigenvalue weighted by Crippen LogP contribution is -2.65. The molecule has 3 heterocycles. The van der Waals surface area contributed by atoms with E-state index < -0.39 is 5.60 Å². The first-order chi connectivity index (χ1) is 20.4. The van der Waals surface area contributed by atoms with Crippen LogP contribution in [0.1, 0.15) is 63.6 Å². The maximum atomic E-state index is 13.1. The van der Waals surface area contributed by atoms with E-state index >= 15 is 0 Å². The first-order valence-electron chi connectivity index (χ1n) is 15.0. The monoisotopic (exact) mass is 622 g/mol. The highest BCUT2D eigenvalue weighted by atomic mass is 35.5. The van der Waals surface area contributed by atoms with Crippen molar-refractivity contribution in [2.24, 2.45) is 17.1 Å². The Morgan fingerprint density at radius 3 is 2.56 bits per heavy atom. The number of nitrogens with one attached hydrogen (secondary N) is 1. The summed E-state index contributed by atoms with van der Waals surface area (Å²) in [4.78, 5) is 27.5. The van der Waals surface area contributed by atoms with E-state index in [1.54, 1.807) is 4.90 Å². The van der Waals surface area contributed by atoms with Crippen LogP contribution in [0.5, 0.6) is 0 Å². The van der Waals surface area contributed by atoms with Crippen molar-refractivity contribution in [3.05, 3.63) is 58.7 Å². The zero-order valence-electron chi connectivity index (χ0n) is 25.0. The van der Waals surface area contributed by atoms with Gasteiger partial charge in [-0.3, -0.25) is 4.79 Å². The van der Waals surface area contributed by atoms with E-state index in [9.17, 15) is 9.59 Å². The molecule has 2 saturated heterocycles. The number of halogens is 1. The Morgan fingerprint density at radius 1 is 1.16 bits per heavy atom. The van der Waals surface area contributed by atoms with Crippen LogP contribution in [-0.2, 0) is 20.8 Å². The SMILES string of the molecule is CC(C)(C)OC(=O)N1CC2(CC(C(=O)NCc3ccc4c(-c5cccc(C(N)=S)c5)cn(C5CCOCC5)c4c3Cl)C2)C1. The molecule has 1 spiro atoms. The van der Waals surface area contributed by atoms with Gasteiger partial charge in [-0.25, -0.2) is 4.79 Å². The molecule has 3 N–H and O–H groups in total. The molecular formula is C33H39ClN4O4S. The third-order valence-corrected chi connectivity index (χ3v) is 9.60. The largest absolute Gasteiger partial charge is 0.444 e. The Balaban J connectivity index is 1.17. The molecule has 43 heavy (non-hydrogen) atoms. The fraction of sp³-hybridized carbons (Fsp3) is 0.485. The van der Waals surface area contributed by atoms with Crippen molar-refractivity contribution in [3.8, 4) is 11.1 Å². The molecular weight excluding hydrogens is 584 g/mol. The van der Waals surface area contributed by atoms with Gasteiger partial charge in [-0.2, -0.15) is 0 Å². The highest BCUT2D eigenvalue weighted by molar-refractivity contribution is 7.80. The Kier molecular flexibility index (Phi) is 7.94. The number of rotatable bonds is 6. The molecule has 2 aromatic carbocycles. The average molecular weight is 623 g/mol. The normalized spacial score (nSPS) is 18.7. The standard InChI is InChI=1S/C33H39ClN4O4S/c1-32(2,3)42-31(40)37-18-33(19-37)14-23(15-33)30(39)36-16-22-7-8-25-26(20-5-4-6-21(13-20)29(35)43)17-38(28(25)27(22)34)24-9-11-41-12-10-24/h4-8,13,17,23-24H,9-12,14-16,18-19H2,1-3H3,(H2,35,43)(H,36,39). The Morgan fingerprint density at radius 2 is 1.88 bits per heavy atom. The summed E-state index contributed by atoms with van der Waals surface area (Å²) < 4.78 is 13.4. The topological polar surface area (TPSA) is 98.8 Å². The summed E-state index contributed by atoms with van der Waals surface area (Å²) in [5, 5.41) is 4.83. The molecule has 0 radical (unpaired) electrons. The molecule has 8 nitrogen and oxygen atoms in total. The summed E-state index contributed by atoms with van der Waals surface area (Å²) in [6, 6.07) is 12.3. The lowest BCUT2D eigenvalue weighted by atomic mass is 9.57. The third kappa shape index (κ3) is 5.99. The van der Waals surface area contributed by atoms with Gasteiger partial charge >= 0.3 is 6.09 Å². The highest BCUT2D eigenvalue weighted by Gasteiger charge is 2.56. The number of ether oxygens (including phenoxy) is 2. The molecule has 10 heteroatoms. The van der Waals surface area contributed by atoms with Crippen LogP contribution in [0, 0.1) is 11.3 Å². The lowest BCUT2D eigenvalue weighted by Gasteiger charge is -2.58. The van der Waals surface area contributed by atoms with Gasteiger partial charge in [-0.1, -0.05) is 54.2 Å². The van der Waals surface area contributed by atoms with E-state index in [-0.39, 0.29) is 29.4 Å². The number of thiocarbonyl (C=S) groups is 1.